The largest absolute Gasteiger partial charge is 0.494 e. The molecule has 3 aromatic rings. The summed E-state index contributed by atoms with van der Waals surface area (Å²) in [6.07, 6.45) is -1.72. The van der Waals surface area contributed by atoms with E-state index in [0.29, 0.717) is 22.8 Å². The van der Waals surface area contributed by atoms with Crippen LogP contribution in [0.3, 0.4) is 0 Å². The van der Waals surface area contributed by atoms with E-state index >= 15 is 8.78 Å². The number of nitrogens with zero attached hydrogens (tertiary/aromatic N) is 2. The highest BCUT2D eigenvalue weighted by Gasteiger charge is 2.57. The fourth-order valence-corrected chi connectivity index (χ4v) is 4.83. The third-order valence-corrected chi connectivity index (χ3v) is 7.16. The first-order valence-corrected chi connectivity index (χ1v) is 12.8. The number of carbonyl (C=O) groups is 1. The molecule has 1 amide bonds. The molecule has 1 aliphatic heterocycles. The van der Waals surface area contributed by atoms with Crippen LogP contribution in [0.15, 0.2) is 48.7 Å². The van der Waals surface area contributed by atoms with Gasteiger partial charge < -0.3 is 15.4 Å². The molecule has 1 aliphatic carbocycles. The highest BCUT2D eigenvalue weighted by molar-refractivity contribution is 5.96. The van der Waals surface area contributed by atoms with Crippen molar-refractivity contribution in [3.8, 4) is 17.0 Å². The lowest BCUT2D eigenvalue weighted by Gasteiger charge is -2.35. The van der Waals surface area contributed by atoms with Crippen molar-refractivity contribution in [1.29, 1.82) is 0 Å². The van der Waals surface area contributed by atoms with Crippen molar-refractivity contribution in [2.45, 2.75) is 50.0 Å². The van der Waals surface area contributed by atoms with E-state index in [4.69, 9.17) is 10.5 Å². The lowest BCUT2D eigenvalue weighted by Crippen LogP contribution is -2.53. The van der Waals surface area contributed by atoms with E-state index in [9.17, 15) is 22.4 Å². The smallest absolute Gasteiger partial charge is 0.390 e. The van der Waals surface area contributed by atoms with Gasteiger partial charge in [0.1, 0.15) is 0 Å². The Kier molecular flexibility index (Phi) is 7.04. The maximum Gasteiger partial charge on any atom is 0.390 e. The van der Waals surface area contributed by atoms with Gasteiger partial charge in [0.15, 0.2) is 23.1 Å². The second kappa shape index (κ2) is 10.1. The standard InChI is InChI=1S/C28H27F6N5O2/c1-15-11-16(3-7-19(15)25(40)38-18-5-6-18)22-14-37-24-21(36-10-9-27(30,31)32)13-26(35,39(22)24)28(33,34)17-4-8-23(41-2)20(29)12-17/h3-4,7-8,11-14,18,36H,5-6,9-10,35H2,1-2H3,(H,38,40)/t26-/m0/s1. The Morgan fingerprint density at radius 1 is 1.17 bits per heavy atom. The van der Waals surface area contributed by atoms with E-state index in [0.717, 1.165) is 35.6 Å². The molecule has 13 heteroatoms. The number of hydrogen-bond acceptors (Lipinski definition) is 5. The van der Waals surface area contributed by atoms with Gasteiger partial charge in [-0.1, -0.05) is 6.07 Å². The molecule has 1 atom stereocenters. The summed E-state index contributed by atoms with van der Waals surface area (Å²) in [5.74, 6) is -5.64. The molecular formula is C28H27F6N5O2. The van der Waals surface area contributed by atoms with Gasteiger partial charge in [-0.25, -0.2) is 9.37 Å². The third kappa shape index (κ3) is 5.25. The van der Waals surface area contributed by atoms with E-state index in [1.54, 1.807) is 25.1 Å². The minimum absolute atomic E-state index is 0.119. The Morgan fingerprint density at radius 2 is 1.90 bits per heavy atom. The summed E-state index contributed by atoms with van der Waals surface area (Å²) < 4.78 is 91.3. The highest BCUT2D eigenvalue weighted by Crippen LogP contribution is 2.49. The van der Waals surface area contributed by atoms with E-state index in [2.05, 4.69) is 15.6 Å². The zero-order valence-electron chi connectivity index (χ0n) is 22.1. The molecular weight excluding hydrogens is 552 g/mol. The van der Waals surface area contributed by atoms with Crippen molar-refractivity contribution in [2.24, 2.45) is 5.73 Å². The van der Waals surface area contributed by atoms with Crippen LogP contribution >= 0.6 is 0 Å². The lowest BCUT2D eigenvalue weighted by molar-refractivity contribution is -0.132. The fourth-order valence-electron chi connectivity index (χ4n) is 4.83. The first-order chi connectivity index (χ1) is 19.2. The monoisotopic (exact) mass is 579 g/mol. The third-order valence-electron chi connectivity index (χ3n) is 7.16. The van der Waals surface area contributed by atoms with Crippen molar-refractivity contribution in [1.82, 2.24) is 20.2 Å². The molecule has 2 aliphatic rings. The van der Waals surface area contributed by atoms with Gasteiger partial charge in [-0.2, -0.15) is 22.0 Å². The summed E-state index contributed by atoms with van der Waals surface area (Å²) in [6.45, 7) is 1.08. The van der Waals surface area contributed by atoms with Crippen LogP contribution in [-0.2, 0) is 11.6 Å². The molecule has 1 fully saturated rings. The van der Waals surface area contributed by atoms with Gasteiger partial charge >= 0.3 is 12.1 Å². The first kappa shape index (κ1) is 28.5. The first-order valence-electron chi connectivity index (χ1n) is 12.8. The van der Waals surface area contributed by atoms with Gasteiger partial charge in [-0.3, -0.25) is 15.1 Å². The number of halogens is 6. The Labute approximate surface area is 231 Å². The SMILES string of the molecule is COc1ccc(C(F)(F)[C@]2(N)C=C(NCCC(F)(F)F)c3ncc(-c4ccc(C(=O)NC5CC5)c(C)c4)n32)cc1F. The van der Waals surface area contributed by atoms with Crippen LogP contribution in [0.25, 0.3) is 17.0 Å². The van der Waals surface area contributed by atoms with Gasteiger partial charge in [-0.05, 0) is 61.7 Å². The minimum Gasteiger partial charge on any atom is -0.494 e. The Hall–Kier alpha value is -4.00. The molecule has 0 radical (unpaired) electrons. The van der Waals surface area contributed by atoms with Crippen LogP contribution in [0, 0.1) is 12.7 Å². The topological polar surface area (TPSA) is 94.2 Å². The molecule has 218 valence electrons. The maximum absolute atomic E-state index is 16.3. The van der Waals surface area contributed by atoms with Crippen LogP contribution in [0.2, 0.25) is 0 Å². The number of amides is 1. The Morgan fingerprint density at radius 3 is 2.51 bits per heavy atom. The number of imidazole rings is 1. The number of aryl methyl sites for hydroxylation is 1. The lowest BCUT2D eigenvalue weighted by atomic mass is 9.94. The van der Waals surface area contributed by atoms with Gasteiger partial charge in [0.05, 0.1) is 31.1 Å². The quantitative estimate of drug-likeness (QED) is 0.303. The Bertz CT molecular complexity index is 1530. The number of nitrogens with one attached hydrogen (secondary N) is 2. The van der Waals surface area contributed by atoms with Crippen molar-refractivity contribution in [3.05, 3.63) is 77.0 Å². The maximum atomic E-state index is 16.3. The molecule has 5 rings (SSSR count). The fraction of sp³-hybridized carbons (Fsp3) is 0.357. The normalized spacial score (nSPS) is 18.6. The van der Waals surface area contributed by atoms with Crippen molar-refractivity contribution in [2.75, 3.05) is 13.7 Å². The summed E-state index contributed by atoms with van der Waals surface area (Å²) in [6, 6.07) is 7.47. The summed E-state index contributed by atoms with van der Waals surface area (Å²) in [5, 5.41) is 5.42. The number of hydrogen-bond donors (Lipinski definition) is 3. The van der Waals surface area contributed by atoms with Crippen molar-refractivity contribution < 1.29 is 35.9 Å². The van der Waals surface area contributed by atoms with Gasteiger partial charge in [0, 0.05) is 29.3 Å². The molecule has 7 nitrogen and oxygen atoms in total. The number of nitrogens with two attached hydrogens (primary N) is 1. The van der Waals surface area contributed by atoms with Gasteiger partial charge in [0.25, 0.3) is 5.91 Å². The van der Waals surface area contributed by atoms with Crippen molar-refractivity contribution in [3.63, 3.8) is 0 Å². The second-order valence-electron chi connectivity index (χ2n) is 10.2. The molecule has 1 saturated carbocycles. The zero-order chi connectivity index (χ0) is 29.7. The average molecular weight is 580 g/mol. The molecule has 0 unspecified atom stereocenters. The van der Waals surface area contributed by atoms with E-state index < -0.39 is 42.1 Å². The molecule has 41 heavy (non-hydrogen) atoms. The summed E-state index contributed by atoms with van der Waals surface area (Å²) in [7, 11) is 1.19. The molecule has 0 saturated heterocycles. The molecule has 1 aromatic heterocycles. The van der Waals surface area contributed by atoms with Crippen LogP contribution in [-0.4, -0.2) is 41.3 Å². The number of alkyl halides is 5. The van der Waals surface area contributed by atoms with Crippen LogP contribution < -0.4 is 21.1 Å². The van der Waals surface area contributed by atoms with Gasteiger partial charge in [-0.15, -0.1) is 0 Å². The van der Waals surface area contributed by atoms with E-state index in [1.807, 2.05) is 0 Å². The van der Waals surface area contributed by atoms with Gasteiger partial charge in [0.2, 0.25) is 0 Å². The number of fused-ring (bicyclic) bond motifs is 1. The zero-order valence-corrected chi connectivity index (χ0v) is 22.1. The highest BCUT2D eigenvalue weighted by atomic mass is 19.4. The van der Waals surface area contributed by atoms with E-state index in [-0.39, 0.29) is 34.9 Å². The molecule has 2 heterocycles. The van der Waals surface area contributed by atoms with Crippen LogP contribution in [0.1, 0.15) is 46.6 Å². The van der Waals surface area contributed by atoms with Crippen LogP contribution in [0.4, 0.5) is 26.3 Å². The van der Waals surface area contributed by atoms with Crippen molar-refractivity contribution >= 4 is 11.6 Å². The Balaban J connectivity index is 1.58. The summed E-state index contributed by atoms with van der Waals surface area (Å²) >= 11 is 0. The number of aromatic nitrogens is 2. The van der Waals surface area contributed by atoms with E-state index in [1.165, 1.54) is 13.3 Å². The number of rotatable bonds is 9. The number of carbonyl (C=O) groups excluding carboxylic acids is 1. The summed E-state index contributed by atoms with van der Waals surface area (Å²) in [4.78, 5) is 16.8. The molecule has 0 bridgehead atoms. The average Bonchev–Trinajstić information content (AvgIpc) is 3.51. The minimum atomic E-state index is -4.48. The second-order valence-corrected chi connectivity index (χ2v) is 10.2. The predicted octanol–water partition coefficient (Wildman–Crippen LogP) is 5.20. The molecule has 4 N–H and O–H groups in total. The molecule has 0 spiro atoms. The number of ether oxygens (including phenoxy) is 1. The predicted molar refractivity (Wildman–Crippen MR) is 139 cm³/mol. The number of methoxy groups -OCH3 is 1. The summed E-state index contributed by atoms with van der Waals surface area (Å²) in [5.41, 5.74) is 4.30. The van der Waals surface area contributed by atoms with Crippen LogP contribution in [0.5, 0.6) is 5.75 Å². The molecule has 2 aromatic carbocycles. The number of benzene rings is 2.